The fourth-order valence-electron chi connectivity index (χ4n) is 4.21. The largest absolute Gasteiger partial charge is 0.457 e. The summed E-state index contributed by atoms with van der Waals surface area (Å²) >= 11 is 0. The van der Waals surface area contributed by atoms with E-state index in [4.69, 9.17) is 9.15 Å². The summed E-state index contributed by atoms with van der Waals surface area (Å²) in [6.07, 6.45) is 1.89. The van der Waals surface area contributed by atoms with Crippen molar-refractivity contribution in [1.82, 2.24) is 9.47 Å². The molecule has 0 N–H and O–H groups in total. The van der Waals surface area contributed by atoms with Crippen LogP contribution in [0.4, 0.5) is 0 Å². The van der Waals surface area contributed by atoms with Crippen molar-refractivity contribution < 1.29 is 9.15 Å². The highest BCUT2D eigenvalue weighted by Crippen LogP contribution is 2.27. The van der Waals surface area contributed by atoms with Gasteiger partial charge >= 0.3 is 5.76 Å². The van der Waals surface area contributed by atoms with Gasteiger partial charge in [0.2, 0.25) is 0 Å². The average molecular weight is 400 g/mol. The van der Waals surface area contributed by atoms with E-state index in [1.807, 2.05) is 71.3 Å². The topological polar surface area (TPSA) is 47.6 Å². The molecule has 4 aromatic rings. The summed E-state index contributed by atoms with van der Waals surface area (Å²) < 4.78 is 13.1. The highest BCUT2D eigenvalue weighted by molar-refractivity contribution is 5.72. The van der Waals surface area contributed by atoms with Gasteiger partial charge in [0.15, 0.2) is 5.58 Å². The van der Waals surface area contributed by atoms with Crippen LogP contribution >= 0.6 is 0 Å². The molecule has 1 aliphatic heterocycles. The smallest absolute Gasteiger partial charge is 0.420 e. The predicted molar refractivity (Wildman–Crippen MR) is 117 cm³/mol. The summed E-state index contributed by atoms with van der Waals surface area (Å²) in [4.78, 5) is 14.8. The number of hydrogen-bond donors (Lipinski definition) is 0. The number of hydrogen-bond acceptors (Lipinski definition) is 4. The number of aromatic nitrogens is 1. The number of nitrogens with zero attached hydrogens (tertiary/aromatic N) is 2. The molecule has 0 bridgehead atoms. The van der Waals surface area contributed by atoms with Gasteiger partial charge in [0.05, 0.1) is 5.52 Å². The number of fused-ring (bicyclic) bond motifs is 1. The molecule has 1 saturated heterocycles. The van der Waals surface area contributed by atoms with Gasteiger partial charge in [0, 0.05) is 25.7 Å². The maximum absolute atomic E-state index is 12.3. The van der Waals surface area contributed by atoms with Crippen LogP contribution in [0.5, 0.6) is 11.5 Å². The van der Waals surface area contributed by atoms with Gasteiger partial charge in [-0.05, 0) is 54.8 Å². The molecule has 2 heterocycles. The van der Waals surface area contributed by atoms with Gasteiger partial charge in [-0.15, -0.1) is 0 Å². The Balaban J connectivity index is 1.20. The lowest BCUT2D eigenvalue weighted by Crippen LogP contribution is -2.36. The van der Waals surface area contributed by atoms with E-state index in [2.05, 4.69) is 17.0 Å². The lowest BCUT2D eigenvalue weighted by atomic mass is 10.0. The van der Waals surface area contributed by atoms with E-state index in [1.54, 1.807) is 0 Å². The highest BCUT2D eigenvalue weighted by atomic mass is 16.5. The minimum Gasteiger partial charge on any atom is -0.457 e. The van der Waals surface area contributed by atoms with E-state index in [1.165, 1.54) is 5.56 Å². The molecular formula is C25H24N2O3. The number of ether oxygens (including phenoxy) is 1. The molecule has 5 rings (SSSR count). The number of oxazole rings is 1. The molecule has 1 aliphatic rings. The second kappa shape index (κ2) is 8.20. The van der Waals surface area contributed by atoms with Crippen molar-refractivity contribution >= 4 is 11.1 Å². The zero-order valence-corrected chi connectivity index (χ0v) is 16.7. The summed E-state index contributed by atoms with van der Waals surface area (Å²) in [6, 6.07) is 26.0. The van der Waals surface area contributed by atoms with Crippen LogP contribution in [-0.4, -0.2) is 22.6 Å². The first kappa shape index (κ1) is 18.7. The Kier molecular flexibility index (Phi) is 5.11. The van der Waals surface area contributed by atoms with E-state index in [0.29, 0.717) is 5.58 Å². The van der Waals surface area contributed by atoms with E-state index in [0.717, 1.165) is 49.5 Å². The normalized spacial score (nSPS) is 15.5. The summed E-state index contributed by atoms with van der Waals surface area (Å²) in [5, 5.41) is 0. The predicted octanol–water partition coefficient (Wildman–Crippen LogP) is 5.22. The van der Waals surface area contributed by atoms with Crippen LogP contribution in [0, 0.1) is 0 Å². The van der Waals surface area contributed by atoms with E-state index in [-0.39, 0.29) is 11.8 Å². The first-order chi connectivity index (χ1) is 14.8. The van der Waals surface area contributed by atoms with Crippen LogP contribution in [-0.2, 0) is 6.54 Å². The Bertz CT molecular complexity index is 1170. The first-order valence-corrected chi connectivity index (χ1v) is 10.4. The number of piperidine rings is 1. The number of para-hydroxylation sites is 3. The van der Waals surface area contributed by atoms with Gasteiger partial charge in [-0.3, -0.25) is 9.47 Å². The minimum absolute atomic E-state index is 0.194. The number of rotatable bonds is 5. The monoisotopic (exact) mass is 400 g/mol. The number of benzene rings is 3. The van der Waals surface area contributed by atoms with Crippen molar-refractivity contribution in [2.75, 3.05) is 13.1 Å². The van der Waals surface area contributed by atoms with Crippen LogP contribution in [0.25, 0.3) is 11.1 Å². The molecular weight excluding hydrogens is 376 g/mol. The third-order valence-corrected chi connectivity index (χ3v) is 5.75. The van der Waals surface area contributed by atoms with E-state index >= 15 is 0 Å². The Morgan fingerprint density at radius 3 is 2.27 bits per heavy atom. The molecule has 0 saturated carbocycles. The molecule has 0 spiro atoms. The van der Waals surface area contributed by atoms with Crippen LogP contribution in [0.15, 0.2) is 88.1 Å². The molecule has 0 atom stereocenters. The molecule has 30 heavy (non-hydrogen) atoms. The fourth-order valence-corrected chi connectivity index (χ4v) is 4.21. The molecule has 0 radical (unpaired) electrons. The Hall–Kier alpha value is -3.31. The van der Waals surface area contributed by atoms with Crippen molar-refractivity contribution in [2.45, 2.75) is 25.4 Å². The van der Waals surface area contributed by atoms with Crippen molar-refractivity contribution in [3.63, 3.8) is 0 Å². The first-order valence-electron chi connectivity index (χ1n) is 10.4. The molecule has 152 valence electrons. The summed E-state index contributed by atoms with van der Waals surface area (Å²) in [5.41, 5.74) is 2.83. The van der Waals surface area contributed by atoms with Crippen molar-refractivity contribution in [3.8, 4) is 11.5 Å². The Morgan fingerprint density at radius 2 is 1.50 bits per heavy atom. The van der Waals surface area contributed by atoms with Gasteiger partial charge in [-0.1, -0.05) is 42.5 Å². The zero-order valence-electron chi connectivity index (χ0n) is 16.7. The third kappa shape index (κ3) is 3.89. The van der Waals surface area contributed by atoms with E-state index in [9.17, 15) is 4.79 Å². The summed E-state index contributed by atoms with van der Waals surface area (Å²) in [6.45, 7) is 2.82. The van der Waals surface area contributed by atoms with Crippen molar-refractivity contribution in [2.24, 2.45) is 0 Å². The number of likely N-dealkylation sites (tertiary alicyclic amines) is 1. The SMILES string of the molecule is O=c1oc2ccccc2n1C1CCN(Cc2ccc(Oc3ccccc3)cc2)CC1. The molecule has 3 aromatic carbocycles. The zero-order chi connectivity index (χ0) is 20.3. The summed E-state index contributed by atoms with van der Waals surface area (Å²) in [5.74, 6) is 1.44. The van der Waals surface area contributed by atoms with Crippen molar-refractivity contribution in [3.05, 3.63) is 95.0 Å². The van der Waals surface area contributed by atoms with Gasteiger partial charge in [0.25, 0.3) is 0 Å². The average Bonchev–Trinajstić information content (AvgIpc) is 3.12. The molecule has 0 unspecified atom stereocenters. The third-order valence-electron chi connectivity index (χ3n) is 5.75. The van der Waals surface area contributed by atoms with Crippen LogP contribution in [0.3, 0.4) is 0 Å². The van der Waals surface area contributed by atoms with Crippen LogP contribution in [0.1, 0.15) is 24.4 Å². The standard InChI is InChI=1S/C25H24N2O3/c28-25-27(23-8-4-5-9-24(23)30-25)20-14-16-26(17-15-20)18-19-10-12-22(13-11-19)29-21-6-2-1-3-7-21/h1-13,20H,14-18H2. The van der Waals surface area contributed by atoms with E-state index < -0.39 is 0 Å². The molecule has 5 nitrogen and oxygen atoms in total. The maximum Gasteiger partial charge on any atom is 0.420 e. The fraction of sp³-hybridized carbons (Fsp3) is 0.240. The van der Waals surface area contributed by atoms with Crippen LogP contribution < -0.4 is 10.5 Å². The van der Waals surface area contributed by atoms with Crippen LogP contribution in [0.2, 0.25) is 0 Å². The minimum atomic E-state index is -0.247. The molecule has 0 aliphatic carbocycles. The quantitative estimate of drug-likeness (QED) is 0.461. The highest BCUT2D eigenvalue weighted by Gasteiger charge is 2.24. The van der Waals surface area contributed by atoms with Gasteiger partial charge in [-0.25, -0.2) is 4.79 Å². The van der Waals surface area contributed by atoms with Gasteiger partial charge in [-0.2, -0.15) is 0 Å². The molecule has 1 fully saturated rings. The van der Waals surface area contributed by atoms with Gasteiger partial charge < -0.3 is 9.15 Å². The molecule has 1 aromatic heterocycles. The second-order valence-electron chi connectivity index (χ2n) is 7.77. The summed E-state index contributed by atoms with van der Waals surface area (Å²) in [7, 11) is 0. The second-order valence-corrected chi connectivity index (χ2v) is 7.77. The Morgan fingerprint density at radius 1 is 0.833 bits per heavy atom. The maximum atomic E-state index is 12.3. The molecule has 0 amide bonds. The lowest BCUT2D eigenvalue weighted by molar-refractivity contribution is 0.177. The van der Waals surface area contributed by atoms with Gasteiger partial charge in [0.1, 0.15) is 11.5 Å². The lowest BCUT2D eigenvalue weighted by Gasteiger charge is -2.32. The van der Waals surface area contributed by atoms with Crippen molar-refractivity contribution in [1.29, 1.82) is 0 Å². The Labute approximate surface area is 175 Å². The molecule has 5 heteroatoms.